The Hall–Kier alpha value is -3.39. The van der Waals surface area contributed by atoms with E-state index >= 15 is 0 Å². The van der Waals surface area contributed by atoms with Crippen molar-refractivity contribution in [1.82, 2.24) is 25.2 Å². The summed E-state index contributed by atoms with van der Waals surface area (Å²) in [6, 6.07) is 14.2. The maximum atomic E-state index is 13.0. The van der Waals surface area contributed by atoms with Gasteiger partial charge in [-0.1, -0.05) is 48.0 Å². The first-order chi connectivity index (χ1) is 15.3. The van der Waals surface area contributed by atoms with Crippen molar-refractivity contribution in [2.45, 2.75) is 26.3 Å². The highest BCUT2D eigenvalue weighted by Gasteiger charge is 2.23. The smallest absolute Gasteiger partial charge is 0.274 e. The average molecular weight is 456 g/mol. The maximum Gasteiger partial charge on any atom is 0.274 e. The zero-order chi connectivity index (χ0) is 23.3. The van der Waals surface area contributed by atoms with Gasteiger partial charge in [0.25, 0.3) is 11.8 Å². The van der Waals surface area contributed by atoms with E-state index in [1.165, 1.54) is 4.90 Å². The number of carbonyl (C=O) groups excluding carboxylic acids is 2. The largest absolute Gasteiger partial charge is 0.483 e. The van der Waals surface area contributed by atoms with Crippen LogP contribution in [0.1, 0.15) is 41.1 Å². The van der Waals surface area contributed by atoms with Crippen molar-refractivity contribution < 1.29 is 14.3 Å². The summed E-state index contributed by atoms with van der Waals surface area (Å²) in [7, 11) is 3.34. The lowest BCUT2D eigenvalue weighted by Crippen LogP contribution is -2.30. The fraction of sp³-hybridized carbons (Fsp3) is 0.304. The molecule has 1 heterocycles. The first-order valence-electron chi connectivity index (χ1n) is 10.2. The predicted octanol–water partition coefficient (Wildman–Crippen LogP) is 3.58. The summed E-state index contributed by atoms with van der Waals surface area (Å²) < 4.78 is 7.32. The van der Waals surface area contributed by atoms with Gasteiger partial charge in [0.15, 0.2) is 12.3 Å². The number of ether oxygens (including phenoxy) is 1. The number of likely N-dealkylation sites (N-methyl/N-ethyl adjacent to an activating group) is 1. The number of nitrogens with zero attached hydrogens (tertiary/aromatic N) is 4. The van der Waals surface area contributed by atoms with Crippen LogP contribution in [0.5, 0.6) is 5.75 Å². The lowest BCUT2D eigenvalue weighted by atomic mass is 10.0. The van der Waals surface area contributed by atoms with Crippen LogP contribution in [0.2, 0.25) is 5.02 Å². The van der Waals surface area contributed by atoms with Gasteiger partial charge in [0, 0.05) is 24.7 Å². The van der Waals surface area contributed by atoms with Gasteiger partial charge in [-0.25, -0.2) is 4.68 Å². The number of para-hydroxylation sites is 1. The van der Waals surface area contributed by atoms with Crippen LogP contribution >= 0.6 is 11.6 Å². The summed E-state index contributed by atoms with van der Waals surface area (Å²) >= 11 is 6.07. The second kappa shape index (κ2) is 10.3. The highest BCUT2D eigenvalue weighted by atomic mass is 35.5. The summed E-state index contributed by atoms with van der Waals surface area (Å²) in [5.74, 6) is 0.0566. The van der Waals surface area contributed by atoms with Crippen molar-refractivity contribution in [1.29, 1.82) is 0 Å². The Kier molecular flexibility index (Phi) is 7.48. The molecule has 0 fully saturated rings. The van der Waals surface area contributed by atoms with Crippen LogP contribution in [0.15, 0.2) is 48.5 Å². The molecular formula is C23H26ClN5O3. The van der Waals surface area contributed by atoms with Crippen molar-refractivity contribution in [3.05, 3.63) is 70.5 Å². The van der Waals surface area contributed by atoms with Gasteiger partial charge in [0.05, 0.1) is 17.4 Å². The van der Waals surface area contributed by atoms with Crippen molar-refractivity contribution in [2.24, 2.45) is 0 Å². The first kappa shape index (κ1) is 23.3. The molecule has 168 valence electrons. The highest BCUT2D eigenvalue weighted by Crippen LogP contribution is 2.28. The second-order valence-electron chi connectivity index (χ2n) is 7.46. The number of rotatable bonds is 8. The fourth-order valence-corrected chi connectivity index (χ4v) is 3.37. The minimum Gasteiger partial charge on any atom is -0.483 e. The van der Waals surface area contributed by atoms with Crippen LogP contribution in [0.3, 0.4) is 0 Å². The van der Waals surface area contributed by atoms with E-state index in [9.17, 15) is 9.59 Å². The molecule has 0 bridgehead atoms. The Morgan fingerprint density at radius 2 is 1.94 bits per heavy atom. The average Bonchev–Trinajstić information content (AvgIpc) is 3.17. The van der Waals surface area contributed by atoms with Crippen LogP contribution < -0.4 is 10.1 Å². The number of aromatic nitrogens is 3. The maximum absolute atomic E-state index is 13.0. The predicted molar refractivity (Wildman–Crippen MR) is 122 cm³/mol. The van der Waals surface area contributed by atoms with Gasteiger partial charge >= 0.3 is 0 Å². The second-order valence-corrected chi connectivity index (χ2v) is 7.90. The molecule has 0 saturated heterocycles. The number of hydrogen-bond donors (Lipinski definition) is 1. The van der Waals surface area contributed by atoms with Crippen molar-refractivity contribution in [3.63, 3.8) is 0 Å². The zero-order valence-corrected chi connectivity index (χ0v) is 19.3. The summed E-state index contributed by atoms with van der Waals surface area (Å²) in [5.41, 5.74) is 2.33. The van der Waals surface area contributed by atoms with Gasteiger partial charge in [0.1, 0.15) is 5.75 Å². The molecule has 2 aromatic carbocycles. The van der Waals surface area contributed by atoms with Gasteiger partial charge in [0.2, 0.25) is 0 Å². The van der Waals surface area contributed by atoms with E-state index < -0.39 is 0 Å². The monoisotopic (exact) mass is 455 g/mol. The number of halogens is 1. The standard InChI is InChI=1S/C23H26ClN5O3/c1-5-19(18-11-6-7-12-20(18)32-14-21(30)28(3)4)25-23(31)22-15(2)29(27-26-22)17-10-8-9-16(24)13-17/h6-13,19H,5,14H2,1-4H3,(H,25,31). The molecule has 1 unspecified atom stereocenters. The van der Waals surface area contributed by atoms with E-state index in [1.807, 2.05) is 37.3 Å². The van der Waals surface area contributed by atoms with E-state index in [0.717, 1.165) is 11.3 Å². The molecule has 3 rings (SSSR count). The van der Waals surface area contributed by atoms with Crippen molar-refractivity contribution in [3.8, 4) is 11.4 Å². The molecule has 0 spiro atoms. The van der Waals surface area contributed by atoms with Gasteiger partial charge in [-0.3, -0.25) is 9.59 Å². The lowest BCUT2D eigenvalue weighted by Gasteiger charge is -2.21. The van der Waals surface area contributed by atoms with Crippen LogP contribution in [-0.2, 0) is 4.79 Å². The number of nitrogens with one attached hydrogen (secondary N) is 1. The van der Waals surface area contributed by atoms with E-state index in [4.69, 9.17) is 16.3 Å². The molecule has 0 saturated carbocycles. The Labute approximate surface area is 192 Å². The van der Waals surface area contributed by atoms with E-state index in [1.54, 1.807) is 43.9 Å². The van der Waals surface area contributed by atoms with E-state index in [2.05, 4.69) is 15.6 Å². The number of amides is 2. The van der Waals surface area contributed by atoms with Crippen LogP contribution in [-0.4, -0.2) is 52.4 Å². The Morgan fingerprint density at radius 3 is 2.62 bits per heavy atom. The third kappa shape index (κ3) is 5.26. The molecule has 8 nitrogen and oxygen atoms in total. The number of benzene rings is 2. The quantitative estimate of drug-likeness (QED) is 0.560. The lowest BCUT2D eigenvalue weighted by molar-refractivity contribution is -0.130. The highest BCUT2D eigenvalue weighted by molar-refractivity contribution is 6.30. The molecule has 0 aliphatic carbocycles. The van der Waals surface area contributed by atoms with Crippen molar-refractivity contribution >= 4 is 23.4 Å². The molecular weight excluding hydrogens is 430 g/mol. The molecule has 0 aliphatic rings. The molecule has 1 aromatic heterocycles. The number of carbonyl (C=O) groups is 2. The van der Waals surface area contributed by atoms with Crippen LogP contribution in [0.25, 0.3) is 5.69 Å². The third-order valence-corrected chi connectivity index (χ3v) is 5.26. The molecule has 3 aromatic rings. The summed E-state index contributed by atoms with van der Waals surface area (Å²) in [6.45, 7) is 3.66. The van der Waals surface area contributed by atoms with E-state index in [0.29, 0.717) is 22.9 Å². The minimum absolute atomic E-state index is 0.0819. The molecule has 32 heavy (non-hydrogen) atoms. The van der Waals surface area contributed by atoms with Crippen molar-refractivity contribution in [2.75, 3.05) is 20.7 Å². The molecule has 1 atom stereocenters. The molecule has 0 radical (unpaired) electrons. The van der Waals surface area contributed by atoms with Gasteiger partial charge < -0.3 is 15.0 Å². The summed E-state index contributed by atoms with van der Waals surface area (Å²) in [4.78, 5) is 26.4. The van der Waals surface area contributed by atoms with E-state index in [-0.39, 0.29) is 30.2 Å². The molecule has 2 amide bonds. The minimum atomic E-state index is -0.346. The Morgan fingerprint density at radius 1 is 1.19 bits per heavy atom. The Balaban J connectivity index is 1.80. The normalized spacial score (nSPS) is 11.7. The van der Waals surface area contributed by atoms with Gasteiger partial charge in [-0.2, -0.15) is 0 Å². The topological polar surface area (TPSA) is 89.4 Å². The fourth-order valence-electron chi connectivity index (χ4n) is 3.19. The van der Waals surface area contributed by atoms with Crippen LogP contribution in [0, 0.1) is 6.92 Å². The third-order valence-electron chi connectivity index (χ3n) is 5.02. The van der Waals surface area contributed by atoms with Gasteiger partial charge in [-0.15, -0.1) is 5.10 Å². The SMILES string of the molecule is CCC(NC(=O)c1nnn(-c2cccc(Cl)c2)c1C)c1ccccc1OCC(=O)N(C)C. The number of hydrogen-bond acceptors (Lipinski definition) is 5. The summed E-state index contributed by atoms with van der Waals surface area (Å²) in [5, 5.41) is 11.8. The molecule has 9 heteroatoms. The molecule has 1 N–H and O–H groups in total. The Bertz CT molecular complexity index is 1110. The molecule has 0 aliphatic heterocycles. The van der Waals surface area contributed by atoms with Gasteiger partial charge in [-0.05, 0) is 37.6 Å². The van der Waals surface area contributed by atoms with Crippen LogP contribution in [0.4, 0.5) is 0 Å². The summed E-state index contributed by atoms with van der Waals surface area (Å²) in [6.07, 6.45) is 0.620. The zero-order valence-electron chi connectivity index (χ0n) is 18.5. The first-order valence-corrected chi connectivity index (χ1v) is 10.6.